The molecule has 102 valence electrons. The SMILES string of the molecule is Cl.NC(CNS(=O)(=O)CC1CC1)c1ccccc1. The van der Waals surface area contributed by atoms with Crippen LogP contribution in [0.3, 0.4) is 0 Å². The number of halogens is 1. The third kappa shape index (κ3) is 4.94. The molecule has 1 fully saturated rings. The zero-order valence-corrected chi connectivity index (χ0v) is 11.7. The number of nitrogens with one attached hydrogen (secondary N) is 1. The van der Waals surface area contributed by atoms with Gasteiger partial charge in [0.05, 0.1) is 5.75 Å². The molecule has 4 nitrogen and oxygen atoms in total. The predicted molar refractivity (Wildman–Crippen MR) is 75.1 cm³/mol. The maximum absolute atomic E-state index is 11.7. The first-order valence-electron chi connectivity index (χ1n) is 5.85. The highest BCUT2D eigenvalue weighted by Crippen LogP contribution is 2.29. The molecule has 1 aromatic rings. The van der Waals surface area contributed by atoms with Crippen LogP contribution in [0.5, 0.6) is 0 Å². The molecule has 1 aromatic carbocycles. The van der Waals surface area contributed by atoms with Crippen molar-refractivity contribution in [3.63, 3.8) is 0 Å². The summed E-state index contributed by atoms with van der Waals surface area (Å²) in [7, 11) is -3.15. The molecule has 1 unspecified atom stereocenters. The molecule has 0 bridgehead atoms. The van der Waals surface area contributed by atoms with E-state index in [2.05, 4.69) is 4.72 Å². The Kier molecular flexibility index (Phi) is 5.59. The number of sulfonamides is 1. The molecular weight excluding hydrogens is 272 g/mol. The second-order valence-corrected chi connectivity index (χ2v) is 6.44. The molecule has 1 atom stereocenters. The van der Waals surface area contributed by atoms with Gasteiger partial charge in [-0.05, 0) is 24.3 Å². The van der Waals surface area contributed by atoms with Gasteiger partial charge in [0.15, 0.2) is 0 Å². The fourth-order valence-corrected chi connectivity index (χ4v) is 3.19. The van der Waals surface area contributed by atoms with Crippen molar-refractivity contribution in [3.05, 3.63) is 35.9 Å². The fraction of sp³-hybridized carbons (Fsp3) is 0.500. The molecule has 1 aliphatic carbocycles. The molecule has 1 saturated carbocycles. The summed E-state index contributed by atoms with van der Waals surface area (Å²) in [4.78, 5) is 0. The van der Waals surface area contributed by atoms with Gasteiger partial charge in [-0.25, -0.2) is 13.1 Å². The van der Waals surface area contributed by atoms with Crippen LogP contribution >= 0.6 is 12.4 Å². The normalized spacial score (nSPS) is 16.9. The number of hydrogen-bond acceptors (Lipinski definition) is 3. The lowest BCUT2D eigenvalue weighted by Crippen LogP contribution is -2.33. The number of benzene rings is 1. The Hall–Kier alpha value is -0.620. The Balaban J connectivity index is 0.00000162. The minimum absolute atomic E-state index is 0. The third-order valence-electron chi connectivity index (χ3n) is 2.90. The third-order valence-corrected chi connectivity index (χ3v) is 4.42. The van der Waals surface area contributed by atoms with E-state index in [1.807, 2.05) is 30.3 Å². The molecule has 0 aliphatic heterocycles. The quantitative estimate of drug-likeness (QED) is 0.833. The summed E-state index contributed by atoms with van der Waals surface area (Å²) in [6.07, 6.45) is 2.07. The van der Waals surface area contributed by atoms with E-state index in [0.717, 1.165) is 18.4 Å². The van der Waals surface area contributed by atoms with Crippen molar-refractivity contribution in [1.82, 2.24) is 4.72 Å². The van der Waals surface area contributed by atoms with E-state index in [-0.39, 0.29) is 30.7 Å². The Morgan fingerprint density at radius 2 is 1.89 bits per heavy atom. The number of rotatable bonds is 6. The van der Waals surface area contributed by atoms with Crippen LogP contribution in [0.1, 0.15) is 24.4 Å². The van der Waals surface area contributed by atoms with Crippen LogP contribution in [0.15, 0.2) is 30.3 Å². The van der Waals surface area contributed by atoms with E-state index in [9.17, 15) is 8.42 Å². The Labute approximate surface area is 114 Å². The zero-order valence-electron chi connectivity index (χ0n) is 10.1. The first-order chi connectivity index (χ1) is 8.07. The van der Waals surface area contributed by atoms with E-state index in [1.54, 1.807) is 0 Å². The monoisotopic (exact) mass is 290 g/mol. The van der Waals surface area contributed by atoms with Gasteiger partial charge in [0.2, 0.25) is 10.0 Å². The Bertz CT molecular complexity index is 460. The smallest absolute Gasteiger partial charge is 0.211 e. The van der Waals surface area contributed by atoms with Crippen molar-refractivity contribution in [2.45, 2.75) is 18.9 Å². The average molecular weight is 291 g/mol. The minimum atomic E-state index is -3.15. The average Bonchev–Trinajstić information content (AvgIpc) is 3.10. The van der Waals surface area contributed by atoms with E-state index in [0.29, 0.717) is 5.92 Å². The van der Waals surface area contributed by atoms with E-state index in [4.69, 9.17) is 5.73 Å². The van der Waals surface area contributed by atoms with E-state index >= 15 is 0 Å². The highest BCUT2D eigenvalue weighted by molar-refractivity contribution is 7.89. The molecule has 0 spiro atoms. The zero-order chi connectivity index (χ0) is 12.3. The molecule has 18 heavy (non-hydrogen) atoms. The maximum atomic E-state index is 11.7. The lowest BCUT2D eigenvalue weighted by Gasteiger charge is -2.13. The molecule has 0 heterocycles. The summed E-state index contributed by atoms with van der Waals surface area (Å²) in [6.45, 7) is 0.263. The minimum Gasteiger partial charge on any atom is -0.323 e. The molecule has 0 aromatic heterocycles. The maximum Gasteiger partial charge on any atom is 0.211 e. The summed E-state index contributed by atoms with van der Waals surface area (Å²) >= 11 is 0. The van der Waals surface area contributed by atoms with Crippen molar-refractivity contribution in [1.29, 1.82) is 0 Å². The summed E-state index contributed by atoms with van der Waals surface area (Å²) in [5.41, 5.74) is 6.87. The summed E-state index contributed by atoms with van der Waals surface area (Å²) in [6, 6.07) is 9.22. The number of hydrogen-bond donors (Lipinski definition) is 2. The van der Waals surface area contributed by atoms with Crippen molar-refractivity contribution in [2.75, 3.05) is 12.3 Å². The lowest BCUT2D eigenvalue weighted by atomic mass is 10.1. The molecule has 6 heteroatoms. The van der Waals surface area contributed by atoms with Crippen molar-refractivity contribution in [2.24, 2.45) is 11.7 Å². The van der Waals surface area contributed by atoms with Gasteiger partial charge in [-0.1, -0.05) is 30.3 Å². The lowest BCUT2D eigenvalue weighted by molar-refractivity contribution is 0.568. The second kappa shape index (κ2) is 6.52. The van der Waals surface area contributed by atoms with Gasteiger partial charge < -0.3 is 5.73 Å². The second-order valence-electron chi connectivity index (χ2n) is 4.59. The standard InChI is InChI=1S/C12H18N2O2S.ClH/c13-12(11-4-2-1-3-5-11)8-14-17(15,16)9-10-6-7-10;/h1-5,10,12,14H,6-9,13H2;1H. The molecule has 1 aliphatic rings. The van der Waals surface area contributed by atoms with Crippen molar-refractivity contribution >= 4 is 22.4 Å². The van der Waals surface area contributed by atoms with Gasteiger partial charge in [-0.2, -0.15) is 0 Å². The highest BCUT2D eigenvalue weighted by atomic mass is 35.5. The van der Waals surface area contributed by atoms with Crippen LogP contribution in [0.2, 0.25) is 0 Å². The Morgan fingerprint density at radius 1 is 1.28 bits per heavy atom. The topological polar surface area (TPSA) is 72.2 Å². The number of nitrogens with two attached hydrogens (primary N) is 1. The van der Waals surface area contributed by atoms with Crippen LogP contribution in [-0.4, -0.2) is 20.7 Å². The van der Waals surface area contributed by atoms with E-state index < -0.39 is 10.0 Å². The van der Waals surface area contributed by atoms with Gasteiger partial charge in [0, 0.05) is 12.6 Å². The van der Waals surface area contributed by atoms with Crippen molar-refractivity contribution < 1.29 is 8.42 Å². The summed E-state index contributed by atoms with van der Waals surface area (Å²) in [5, 5.41) is 0. The highest BCUT2D eigenvalue weighted by Gasteiger charge is 2.27. The molecule has 0 radical (unpaired) electrons. The van der Waals surface area contributed by atoms with E-state index in [1.165, 1.54) is 0 Å². The van der Waals surface area contributed by atoms with Crippen LogP contribution in [0, 0.1) is 5.92 Å². The van der Waals surface area contributed by atoms with Gasteiger partial charge in [-0.15, -0.1) is 12.4 Å². The van der Waals surface area contributed by atoms with Crippen LogP contribution in [0.4, 0.5) is 0 Å². The molecule has 3 N–H and O–H groups in total. The summed E-state index contributed by atoms with van der Waals surface area (Å²) in [5.74, 6) is 0.606. The van der Waals surface area contributed by atoms with Gasteiger partial charge >= 0.3 is 0 Å². The van der Waals surface area contributed by atoms with Crippen LogP contribution in [0.25, 0.3) is 0 Å². The predicted octanol–water partition coefficient (Wildman–Crippen LogP) is 1.44. The molecule has 2 rings (SSSR count). The fourth-order valence-electron chi connectivity index (χ4n) is 1.69. The largest absolute Gasteiger partial charge is 0.323 e. The van der Waals surface area contributed by atoms with Gasteiger partial charge in [-0.3, -0.25) is 0 Å². The van der Waals surface area contributed by atoms with Crippen LogP contribution in [-0.2, 0) is 10.0 Å². The van der Waals surface area contributed by atoms with Crippen LogP contribution < -0.4 is 10.5 Å². The first-order valence-corrected chi connectivity index (χ1v) is 7.50. The first kappa shape index (κ1) is 15.4. The molecular formula is C12H19ClN2O2S. The molecule has 0 amide bonds. The van der Waals surface area contributed by atoms with Crippen molar-refractivity contribution in [3.8, 4) is 0 Å². The summed E-state index contributed by atoms with van der Waals surface area (Å²) < 4.78 is 25.9. The molecule has 0 saturated heterocycles. The van der Waals surface area contributed by atoms with Gasteiger partial charge in [0.25, 0.3) is 0 Å². The Morgan fingerprint density at radius 3 is 2.44 bits per heavy atom. The van der Waals surface area contributed by atoms with Gasteiger partial charge in [0.1, 0.15) is 0 Å².